The van der Waals surface area contributed by atoms with Crippen LogP contribution in [0.5, 0.6) is 0 Å². The highest BCUT2D eigenvalue weighted by Gasteiger charge is 2.32. The number of benzene rings is 1. The second kappa shape index (κ2) is 6.44. The van der Waals surface area contributed by atoms with Gasteiger partial charge in [-0.25, -0.2) is 8.42 Å². The van der Waals surface area contributed by atoms with Gasteiger partial charge in [-0.05, 0) is 18.9 Å². The molecular weight excluding hydrogens is 318 g/mol. The van der Waals surface area contributed by atoms with E-state index in [9.17, 15) is 8.42 Å². The fraction of sp³-hybridized carbons (Fsp3) is 0.467. The van der Waals surface area contributed by atoms with E-state index in [1.165, 1.54) is 5.56 Å². The zero-order valence-corrected chi connectivity index (χ0v) is 14.1. The molecule has 1 fully saturated rings. The maximum atomic E-state index is 11.8. The molecule has 2 heterocycles. The third-order valence-electron chi connectivity index (χ3n) is 3.86. The van der Waals surface area contributed by atoms with Crippen molar-refractivity contribution in [2.75, 3.05) is 11.5 Å². The quantitative estimate of drug-likeness (QED) is 0.835. The molecule has 0 saturated carbocycles. The topological polar surface area (TPSA) is 63.2 Å². The van der Waals surface area contributed by atoms with E-state index in [4.69, 9.17) is 0 Å². The Balaban J connectivity index is 1.78. The molecule has 0 unspecified atom stereocenters. The van der Waals surface area contributed by atoms with Crippen molar-refractivity contribution in [3.8, 4) is 0 Å². The van der Waals surface area contributed by atoms with Crippen molar-refractivity contribution in [1.29, 1.82) is 0 Å². The molecule has 0 amide bonds. The monoisotopic (exact) mass is 337 g/mol. The minimum absolute atomic E-state index is 0.0643. The SMILES string of the molecule is Cc1nnc(CN(Cc2ccccc2)[C@H]2CCS(=O)(=O)C2)s1. The maximum Gasteiger partial charge on any atom is 0.151 e. The average molecular weight is 337 g/mol. The van der Waals surface area contributed by atoms with Gasteiger partial charge in [0.25, 0.3) is 0 Å². The third kappa shape index (κ3) is 3.91. The van der Waals surface area contributed by atoms with E-state index >= 15 is 0 Å². The van der Waals surface area contributed by atoms with Crippen LogP contribution in [0.2, 0.25) is 0 Å². The molecule has 0 bridgehead atoms. The molecule has 118 valence electrons. The van der Waals surface area contributed by atoms with Crippen molar-refractivity contribution in [3.63, 3.8) is 0 Å². The Morgan fingerprint density at radius 3 is 2.59 bits per heavy atom. The highest BCUT2D eigenvalue weighted by Crippen LogP contribution is 2.23. The second-order valence-electron chi connectivity index (χ2n) is 5.66. The molecule has 0 N–H and O–H groups in total. The van der Waals surface area contributed by atoms with E-state index in [2.05, 4.69) is 27.2 Å². The molecule has 1 saturated heterocycles. The Labute approximate surface area is 134 Å². The van der Waals surface area contributed by atoms with Crippen LogP contribution >= 0.6 is 11.3 Å². The smallest absolute Gasteiger partial charge is 0.151 e. The van der Waals surface area contributed by atoms with E-state index in [0.29, 0.717) is 13.0 Å². The zero-order chi connectivity index (χ0) is 15.6. The highest BCUT2D eigenvalue weighted by molar-refractivity contribution is 7.91. The number of aromatic nitrogens is 2. The molecule has 1 aromatic heterocycles. The van der Waals surface area contributed by atoms with Gasteiger partial charge in [0.1, 0.15) is 10.0 Å². The fourth-order valence-corrected chi connectivity index (χ4v) is 5.27. The lowest BCUT2D eigenvalue weighted by molar-refractivity contribution is 0.193. The van der Waals surface area contributed by atoms with Gasteiger partial charge in [-0.3, -0.25) is 4.90 Å². The predicted octanol–water partition coefficient (Wildman–Crippen LogP) is 2.04. The van der Waals surface area contributed by atoms with Crippen molar-refractivity contribution >= 4 is 21.2 Å². The van der Waals surface area contributed by atoms with Crippen LogP contribution in [-0.2, 0) is 22.9 Å². The molecule has 1 aliphatic heterocycles. The van der Waals surface area contributed by atoms with Crippen LogP contribution in [0.25, 0.3) is 0 Å². The summed E-state index contributed by atoms with van der Waals surface area (Å²) in [5, 5.41) is 10.1. The number of hydrogen-bond donors (Lipinski definition) is 0. The third-order valence-corrected chi connectivity index (χ3v) is 6.43. The first kappa shape index (κ1) is 15.6. The summed E-state index contributed by atoms with van der Waals surface area (Å²) in [6.45, 7) is 3.32. The normalized spacial score (nSPS) is 20.5. The predicted molar refractivity (Wildman–Crippen MR) is 87.4 cm³/mol. The summed E-state index contributed by atoms with van der Waals surface area (Å²) >= 11 is 1.57. The number of sulfone groups is 1. The first-order valence-corrected chi connectivity index (χ1v) is 9.93. The summed E-state index contributed by atoms with van der Waals surface area (Å²) in [4.78, 5) is 2.22. The van der Waals surface area contributed by atoms with Gasteiger partial charge in [0.15, 0.2) is 9.84 Å². The van der Waals surface area contributed by atoms with Crippen LogP contribution in [0.1, 0.15) is 22.0 Å². The van der Waals surface area contributed by atoms with Gasteiger partial charge in [-0.15, -0.1) is 21.5 Å². The molecule has 3 rings (SSSR count). The van der Waals surface area contributed by atoms with Crippen molar-refractivity contribution in [3.05, 3.63) is 45.9 Å². The minimum Gasteiger partial charge on any atom is -0.288 e. The summed E-state index contributed by atoms with van der Waals surface area (Å²) in [6, 6.07) is 10.2. The minimum atomic E-state index is -2.89. The lowest BCUT2D eigenvalue weighted by Gasteiger charge is -2.27. The zero-order valence-electron chi connectivity index (χ0n) is 12.5. The Morgan fingerprint density at radius 2 is 2.00 bits per heavy atom. The highest BCUT2D eigenvalue weighted by atomic mass is 32.2. The van der Waals surface area contributed by atoms with Crippen LogP contribution in [0.4, 0.5) is 0 Å². The van der Waals surface area contributed by atoms with Crippen molar-refractivity contribution in [2.24, 2.45) is 0 Å². The molecule has 1 aromatic carbocycles. The van der Waals surface area contributed by atoms with Gasteiger partial charge in [-0.2, -0.15) is 0 Å². The summed E-state index contributed by atoms with van der Waals surface area (Å²) < 4.78 is 23.6. The average Bonchev–Trinajstić information content (AvgIpc) is 3.05. The molecule has 0 radical (unpaired) electrons. The molecule has 2 aromatic rings. The van der Waals surface area contributed by atoms with E-state index in [1.54, 1.807) is 11.3 Å². The lowest BCUT2D eigenvalue weighted by Crippen LogP contribution is -2.35. The van der Waals surface area contributed by atoms with E-state index in [-0.39, 0.29) is 17.5 Å². The first-order valence-electron chi connectivity index (χ1n) is 7.29. The maximum absolute atomic E-state index is 11.8. The molecule has 1 aliphatic rings. The summed E-state index contributed by atoms with van der Waals surface area (Å²) in [6.07, 6.45) is 0.701. The van der Waals surface area contributed by atoms with Gasteiger partial charge < -0.3 is 0 Å². The van der Waals surface area contributed by atoms with Gasteiger partial charge in [0.05, 0.1) is 18.1 Å². The molecule has 0 spiro atoms. The Kier molecular flexibility index (Phi) is 4.56. The van der Waals surface area contributed by atoms with E-state index < -0.39 is 9.84 Å². The van der Waals surface area contributed by atoms with Crippen LogP contribution < -0.4 is 0 Å². The number of hydrogen-bond acceptors (Lipinski definition) is 6. The summed E-state index contributed by atoms with van der Waals surface area (Å²) in [5.41, 5.74) is 1.19. The van der Waals surface area contributed by atoms with E-state index in [0.717, 1.165) is 16.6 Å². The Hall–Kier alpha value is -1.31. The standard InChI is InChI=1S/C15H19N3O2S2/c1-12-16-17-15(21-12)10-18(9-13-5-3-2-4-6-13)14-7-8-22(19,20)11-14/h2-6,14H,7-11H2,1H3/t14-/m0/s1. The molecule has 22 heavy (non-hydrogen) atoms. The van der Waals surface area contributed by atoms with Gasteiger partial charge in [0, 0.05) is 12.6 Å². The largest absolute Gasteiger partial charge is 0.288 e. The molecule has 0 aliphatic carbocycles. The summed E-state index contributed by atoms with van der Waals surface area (Å²) in [7, 11) is -2.89. The molecule has 7 heteroatoms. The molecular formula is C15H19N3O2S2. The fourth-order valence-electron chi connectivity index (χ4n) is 2.77. The van der Waals surface area contributed by atoms with Crippen molar-refractivity contribution < 1.29 is 8.42 Å². The van der Waals surface area contributed by atoms with Crippen molar-refractivity contribution in [1.82, 2.24) is 15.1 Å². The Morgan fingerprint density at radius 1 is 1.23 bits per heavy atom. The van der Waals surface area contributed by atoms with Crippen LogP contribution in [-0.4, -0.2) is 41.1 Å². The lowest BCUT2D eigenvalue weighted by atomic mass is 10.1. The number of nitrogens with zero attached hydrogens (tertiary/aromatic N) is 3. The number of rotatable bonds is 5. The van der Waals surface area contributed by atoms with Gasteiger partial charge in [0.2, 0.25) is 0 Å². The van der Waals surface area contributed by atoms with Gasteiger partial charge >= 0.3 is 0 Å². The van der Waals surface area contributed by atoms with Crippen LogP contribution in [0, 0.1) is 6.92 Å². The Bertz CT molecular complexity index is 728. The van der Waals surface area contributed by atoms with Crippen molar-refractivity contribution in [2.45, 2.75) is 32.5 Å². The van der Waals surface area contributed by atoms with Crippen LogP contribution in [0.15, 0.2) is 30.3 Å². The van der Waals surface area contributed by atoms with E-state index in [1.807, 2.05) is 25.1 Å². The first-order chi connectivity index (χ1) is 10.5. The molecule has 1 atom stereocenters. The number of aryl methyl sites for hydroxylation is 1. The molecule has 5 nitrogen and oxygen atoms in total. The second-order valence-corrected chi connectivity index (χ2v) is 9.16. The van der Waals surface area contributed by atoms with Gasteiger partial charge in [-0.1, -0.05) is 30.3 Å². The van der Waals surface area contributed by atoms with Crippen LogP contribution in [0.3, 0.4) is 0 Å². The summed E-state index contributed by atoms with van der Waals surface area (Å²) in [5.74, 6) is 0.537.